The maximum absolute atomic E-state index is 5.72. The summed E-state index contributed by atoms with van der Waals surface area (Å²) in [5, 5.41) is 3.98. The quantitative estimate of drug-likeness (QED) is 0.629. The van der Waals surface area contributed by atoms with Gasteiger partial charge in [0.1, 0.15) is 11.6 Å². The molecular formula is C12H20N4OS. The zero-order valence-electron chi connectivity index (χ0n) is 10.7. The summed E-state index contributed by atoms with van der Waals surface area (Å²) < 4.78 is 5.68. The molecule has 2 rings (SSSR count). The van der Waals surface area contributed by atoms with Gasteiger partial charge in [0.15, 0.2) is 5.16 Å². The number of nitrogen functional groups attached to an aromatic ring is 1. The molecule has 0 amide bonds. The molecule has 2 heterocycles. The summed E-state index contributed by atoms with van der Waals surface area (Å²) in [4.78, 5) is 8.47. The number of nitrogens with two attached hydrogens (primary N) is 1. The highest BCUT2D eigenvalue weighted by molar-refractivity contribution is 7.98. The van der Waals surface area contributed by atoms with Crippen LogP contribution in [0.15, 0.2) is 11.2 Å². The van der Waals surface area contributed by atoms with E-state index >= 15 is 0 Å². The van der Waals surface area contributed by atoms with Crippen LogP contribution in [-0.4, -0.2) is 35.5 Å². The minimum Gasteiger partial charge on any atom is -0.383 e. The van der Waals surface area contributed by atoms with E-state index < -0.39 is 0 Å². The van der Waals surface area contributed by atoms with Crippen molar-refractivity contribution >= 4 is 23.4 Å². The average molecular weight is 268 g/mol. The van der Waals surface area contributed by atoms with Crippen molar-refractivity contribution in [2.75, 3.05) is 30.5 Å². The van der Waals surface area contributed by atoms with E-state index in [1.54, 1.807) is 6.07 Å². The van der Waals surface area contributed by atoms with Gasteiger partial charge >= 0.3 is 0 Å². The molecule has 1 atom stereocenters. The van der Waals surface area contributed by atoms with Crippen molar-refractivity contribution in [3.63, 3.8) is 0 Å². The van der Waals surface area contributed by atoms with Crippen LogP contribution in [0.25, 0.3) is 0 Å². The first-order valence-corrected chi connectivity index (χ1v) is 7.54. The van der Waals surface area contributed by atoms with E-state index in [9.17, 15) is 0 Å². The molecule has 1 aliphatic heterocycles. The van der Waals surface area contributed by atoms with Crippen molar-refractivity contribution in [1.29, 1.82) is 0 Å². The second kappa shape index (κ2) is 6.80. The SMILES string of the molecule is CSc1nc(N)cc(NCCC2CCCCO2)n1. The van der Waals surface area contributed by atoms with Gasteiger partial charge in [0.05, 0.1) is 6.10 Å². The molecule has 1 unspecified atom stereocenters. The first-order chi connectivity index (χ1) is 8.78. The molecule has 0 aromatic carbocycles. The average Bonchev–Trinajstić information content (AvgIpc) is 2.39. The molecule has 3 N–H and O–H groups in total. The third-order valence-corrected chi connectivity index (χ3v) is 3.50. The highest BCUT2D eigenvalue weighted by Gasteiger charge is 2.13. The molecule has 0 spiro atoms. The smallest absolute Gasteiger partial charge is 0.191 e. The topological polar surface area (TPSA) is 73.1 Å². The summed E-state index contributed by atoms with van der Waals surface area (Å²) in [5.74, 6) is 1.30. The molecule has 18 heavy (non-hydrogen) atoms. The maximum Gasteiger partial charge on any atom is 0.191 e. The van der Waals surface area contributed by atoms with Crippen LogP contribution in [0.3, 0.4) is 0 Å². The van der Waals surface area contributed by atoms with Gasteiger partial charge in [-0.15, -0.1) is 0 Å². The fourth-order valence-electron chi connectivity index (χ4n) is 2.02. The number of hydrogen-bond donors (Lipinski definition) is 2. The summed E-state index contributed by atoms with van der Waals surface area (Å²) in [5.41, 5.74) is 5.72. The van der Waals surface area contributed by atoms with Gasteiger partial charge in [0.25, 0.3) is 0 Å². The Kier molecular flexibility index (Phi) is 5.07. The Hall–Kier alpha value is -1.01. The molecule has 0 saturated carbocycles. The molecule has 0 aliphatic carbocycles. The number of ether oxygens (including phenoxy) is 1. The van der Waals surface area contributed by atoms with Crippen LogP contribution in [-0.2, 0) is 4.74 Å². The summed E-state index contributed by atoms with van der Waals surface area (Å²) >= 11 is 1.49. The van der Waals surface area contributed by atoms with Gasteiger partial charge in [-0.1, -0.05) is 11.8 Å². The van der Waals surface area contributed by atoms with Crippen molar-refractivity contribution in [2.24, 2.45) is 0 Å². The third-order valence-electron chi connectivity index (χ3n) is 2.95. The first kappa shape index (κ1) is 13.4. The van der Waals surface area contributed by atoms with Crippen LogP contribution in [0.4, 0.5) is 11.6 Å². The second-order valence-corrected chi connectivity index (χ2v) is 5.14. The van der Waals surface area contributed by atoms with Crippen molar-refractivity contribution < 1.29 is 4.74 Å². The van der Waals surface area contributed by atoms with Gasteiger partial charge in [0, 0.05) is 19.2 Å². The standard InChI is InChI=1S/C12H20N4OS/c1-18-12-15-10(13)8-11(16-12)14-6-5-9-4-2-3-7-17-9/h8-9H,2-7H2,1H3,(H3,13,14,15,16). The zero-order valence-corrected chi connectivity index (χ0v) is 11.5. The van der Waals surface area contributed by atoms with Crippen LogP contribution >= 0.6 is 11.8 Å². The number of aromatic nitrogens is 2. The van der Waals surface area contributed by atoms with Crippen LogP contribution in [0.2, 0.25) is 0 Å². The normalized spacial score (nSPS) is 19.7. The van der Waals surface area contributed by atoms with E-state index in [-0.39, 0.29) is 0 Å². The predicted molar refractivity (Wildman–Crippen MR) is 74.9 cm³/mol. The van der Waals surface area contributed by atoms with E-state index in [2.05, 4.69) is 15.3 Å². The minimum atomic E-state index is 0.394. The van der Waals surface area contributed by atoms with Crippen molar-refractivity contribution in [3.8, 4) is 0 Å². The number of thioether (sulfide) groups is 1. The van der Waals surface area contributed by atoms with E-state index in [0.29, 0.717) is 17.1 Å². The Morgan fingerprint density at radius 1 is 1.50 bits per heavy atom. The molecule has 100 valence electrons. The molecule has 1 aliphatic rings. The van der Waals surface area contributed by atoms with Gasteiger partial charge in [-0.05, 0) is 31.9 Å². The lowest BCUT2D eigenvalue weighted by Crippen LogP contribution is -2.22. The van der Waals surface area contributed by atoms with Gasteiger partial charge in [-0.25, -0.2) is 9.97 Å². The van der Waals surface area contributed by atoms with Gasteiger partial charge in [-0.3, -0.25) is 0 Å². The second-order valence-electron chi connectivity index (χ2n) is 4.37. The Labute approximate surface area is 112 Å². The van der Waals surface area contributed by atoms with Crippen LogP contribution in [0, 0.1) is 0 Å². The fraction of sp³-hybridized carbons (Fsp3) is 0.667. The Balaban J connectivity index is 1.80. The van der Waals surface area contributed by atoms with Crippen LogP contribution in [0.5, 0.6) is 0 Å². The van der Waals surface area contributed by atoms with Gasteiger partial charge < -0.3 is 15.8 Å². The van der Waals surface area contributed by atoms with E-state index in [4.69, 9.17) is 10.5 Å². The summed E-state index contributed by atoms with van der Waals surface area (Å²) in [6, 6.07) is 1.77. The van der Waals surface area contributed by atoms with E-state index in [1.165, 1.54) is 31.0 Å². The summed E-state index contributed by atoms with van der Waals surface area (Å²) in [6.07, 6.45) is 6.99. The summed E-state index contributed by atoms with van der Waals surface area (Å²) in [6.45, 7) is 1.76. The zero-order chi connectivity index (χ0) is 12.8. The minimum absolute atomic E-state index is 0.394. The van der Waals surface area contributed by atoms with E-state index in [1.807, 2.05) is 6.26 Å². The van der Waals surface area contributed by atoms with E-state index in [0.717, 1.165) is 25.4 Å². The first-order valence-electron chi connectivity index (χ1n) is 6.32. The largest absolute Gasteiger partial charge is 0.383 e. The Morgan fingerprint density at radius 3 is 3.11 bits per heavy atom. The van der Waals surface area contributed by atoms with Crippen LogP contribution in [0.1, 0.15) is 25.7 Å². The predicted octanol–water partition coefficient (Wildman–Crippen LogP) is 2.15. The van der Waals surface area contributed by atoms with Gasteiger partial charge in [-0.2, -0.15) is 0 Å². The fourth-order valence-corrected chi connectivity index (χ4v) is 2.41. The number of rotatable bonds is 5. The lowest BCUT2D eigenvalue weighted by molar-refractivity contribution is 0.0134. The number of hydrogen-bond acceptors (Lipinski definition) is 6. The molecule has 1 aromatic heterocycles. The molecular weight excluding hydrogens is 248 g/mol. The van der Waals surface area contributed by atoms with Gasteiger partial charge in [0.2, 0.25) is 0 Å². The molecule has 1 saturated heterocycles. The van der Waals surface area contributed by atoms with Crippen LogP contribution < -0.4 is 11.1 Å². The molecule has 0 bridgehead atoms. The Bertz CT molecular complexity index is 382. The molecule has 1 aromatic rings. The monoisotopic (exact) mass is 268 g/mol. The lowest BCUT2D eigenvalue weighted by atomic mass is 10.1. The van der Waals surface area contributed by atoms with Crippen molar-refractivity contribution in [1.82, 2.24) is 9.97 Å². The lowest BCUT2D eigenvalue weighted by Gasteiger charge is -2.22. The third kappa shape index (κ3) is 4.03. The molecule has 0 radical (unpaired) electrons. The van der Waals surface area contributed by atoms with Crippen molar-refractivity contribution in [3.05, 3.63) is 6.07 Å². The summed E-state index contributed by atoms with van der Waals surface area (Å²) in [7, 11) is 0. The number of anilines is 2. The number of nitrogens with one attached hydrogen (secondary N) is 1. The highest BCUT2D eigenvalue weighted by atomic mass is 32.2. The highest BCUT2D eigenvalue weighted by Crippen LogP contribution is 2.17. The number of nitrogens with zero attached hydrogens (tertiary/aromatic N) is 2. The Morgan fingerprint density at radius 2 is 2.39 bits per heavy atom. The molecule has 1 fully saturated rings. The maximum atomic E-state index is 5.72. The molecule has 5 nitrogen and oxygen atoms in total. The molecule has 6 heteroatoms. The van der Waals surface area contributed by atoms with Crippen molar-refractivity contribution in [2.45, 2.75) is 36.9 Å².